The molecule has 0 atom stereocenters. The van der Waals surface area contributed by atoms with E-state index in [0.717, 1.165) is 16.9 Å². The zero-order chi connectivity index (χ0) is 25.8. The molecule has 0 fully saturated rings. The first-order valence-electron chi connectivity index (χ1n) is 11.4. The SMILES string of the molecule is COc1cc(/C=C2/C(=N)N3N=C(c4cccnc4)SC3=NC2=O)ccc1OCCOc1ccccc1C. The lowest BCUT2D eigenvalue weighted by molar-refractivity contribution is -0.114. The van der Waals surface area contributed by atoms with Gasteiger partial charge in [0.25, 0.3) is 5.91 Å². The number of amidine groups is 2. The van der Waals surface area contributed by atoms with Gasteiger partial charge < -0.3 is 14.2 Å². The normalized spacial score (nSPS) is 15.8. The van der Waals surface area contributed by atoms with Crippen molar-refractivity contribution in [2.75, 3.05) is 20.3 Å². The summed E-state index contributed by atoms with van der Waals surface area (Å²) in [7, 11) is 1.55. The highest BCUT2D eigenvalue weighted by Crippen LogP contribution is 2.32. The van der Waals surface area contributed by atoms with Crippen molar-refractivity contribution in [2.24, 2.45) is 10.1 Å². The molecule has 5 rings (SSSR count). The number of hydrazone groups is 1. The second-order valence-electron chi connectivity index (χ2n) is 8.04. The fraction of sp³-hybridized carbons (Fsp3) is 0.148. The predicted molar refractivity (Wildman–Crippen MR) is 144 cm³/mol. The summed E-state index contributed by atoms with van der Waals surface area (Å²) >= 11 is 1.23. The topological polar surface area (TPSA) is 109 Å². The average Bonchev–Trinajstić information content (AvgIpc) is 3.35. The molecule has 2 aliphatic heterocycles. The molecule has 0 saturated carbocycles. The average molecular weight is 514 g/mol. The molecule has 0 unspecified atom stereocenters. The molecule has 9 nitrogen and oxygen atoms in total. The first-order valence-corrected chi connectivity index (χ1v) is 12.2. The van der Waals surface area contributed by atoms with Crippen molar-refractivity contribution in [2.45, 2.75) is 6.92 Å². The number of aryl methyl sites for hydroxylation is 1. The summed E-state index contributed by atoms with van der Waals surface area (Å²) in [5.41, 5.74) is 2.64. The molecular weight excluding hydrogens is 490 g/mol. The predicted octanol–water partition coefficient (Wildman–Crippen LogP) is 4.52. The summed E-state index contributed by atoms with van der Waals surface area (Å²) in [6, 6.07) is 16.8. The van der Waals surface area contributed by atoms with Gasteiger partial charge in [-0.1, -0.05) is 24.3 Å². The zero-order valence-corrected chi connectivity index (χ0v) is 21.0. The minimum atomic E-state index is -0.501. The molecule has 0 bridgehead atoms. The van der Waals surface area contributed by atoms with Crippen molar-refractivity contribution in [3.8, 4) is 17.2 Å². The molecule has 1 amide bonds. The van der Waals surface area contributed by atoms with E-state index in [1.165, 1.54) is 16.8 Å². The van der Waals surface area contributed by atoms with Gasteiger partial charge in [0.2, 0.25) is 5.17 Å². The summed E-state index contributed by atoms with van der Waals surface area (Å²) in [5.74, 6) is 1.31. The van der Waals surface area contributed by atoms with Crippen molar-refractivity contribution in [3.63, 3.8) is 0 Å². The van der Waals surface area contributed by atoms with Crippen LogP contribution >= 0.6 is 11.8 Å². The molecule has 2 aromatic carbocycles. The number of para-hydroxylation sites is 1. The quantitative estimate of drug-likeness (QED) is 0.348. The summed E-state index contributed by atoms with van der Waals surface area (Å²) in [5, 5.41) is 15.4. The summed E-state index contributed by atoms with van der Waals surface area (Å²) < 4.78 is 17.1. The van der Waals surface area contributed by atoms with E-state index in [0.29, 0.717) is 40.5 Å². The maximum Gasteiger partial charge on any atom is 0.283 e. The first kappa shape index (κ1) is 24.3. The molecule has 0 radical (unpaired) electrons. The third-order valence-electron chi connectivity index (χ3n) is 5.55. The van der Waals surface area contributed by atoms with Crippen LogP contribution in [0.1, 0.15) is 16.7 Å². The highest BCUT2D eigenvalue weighted by Gasteiger charge is 2.36. The van der Waals surface area contributed by atoms with Gasteiger partial charge in [0.05, 0.1) is 12.7 Å². The Balaban J connectivity index is 1.29. The van der Waals surface area contributed by atoms with Gasteiger partial charge in [-0.15, -0.1) is 0 Å². The number of fused-ring (bicyclic) bond motifs is 1. The van der Waals surface area contributed by atoms with E-state index in [1.54, 1.807) is 49.8 Å². The van der Waals surface area contributed by atoms with E-state index in [1.807, 2.05) is 37.3 Å². The number of rotatable bonds is 8. The number of benzene rings is 2. The number of ether oxygens (including phenoxy) is 3. The van der Waals surface area contributed by atoms with Crippen LogP contribution in [0.3, 0.4) is 0 Å². The lowest BCUT2D eigenvalue weighted by Gasteiger charge is -2.20. The second kappa shape index (κ2) is 10.7. The molecule has 0 aliphatic carbocycles. The standard InChI is InChI=1S/C27H23N5O4S/c1-17-6-3-4-8-21(17)35-12-13-36-22-10-9-18(15-23(22)34-2)14-20-24(28)32-27(30-25(20)33)37-26(31-32)19-7-5-11-29-16-19/h3-11,14-16,28H,12-13H2,1-2H3/b20-14-,28-24?. The number of aromatic nitrogens is 1. The van der Waals surface area contributed by atoms with Crippen molar-refractivity contribution >= 4 is 39.8 Å². The number of pyridine rings is 1. The third kappa shape index (κ3) is 5.24. The van der Waals surface area contributed by atoms with Gasteiger partial charge in [0, 0.05) is 18.0 Å². The van der Waals surface area contributed by atoms with Gasteiger partial charge in [-0.05, 0) is 66.2 Å². The summed E-state index contributed by atoms with van der Waals surface area (Å²) in [6.45, 7) is 2.70. The molecule has 37 heavy (non-hydrogen) atoms. The van der Waals surface area contributed by atoms with Gasteiger partial charge in [-0.2, -0.15) is 15.1 Å². The number of nitrogens with one attached hydrogen (secondary N) is 1. The van der Waals surface area contributed by atoms with Crippen LogP contribution in [-0.2, 0) is 4.79 Å². The molecule has 0 spiro atoms. The van der Waals surface area contributed by atoms with Crippen LogP contribution in [0.4, 0.5) is 0 Å². The minimum absolute atomic E-state index is 0.0472. The number of hydrogen-bond donors (Lipinski definition) is 1. The molecule has 1 aromatic heterocycles. The van der Waals surface area contributed by atoms with Crippen LogP contribution in [0, 0.1) is 12.3 Å². The summed E-state index contributed by atoms with van der Waals surface area (Å²) in [4.78, 5) is 21.0. The molecule has 3 aromatic rings. The van der Waals surface area contributed by atoms with Crippen molar-refractivity contribution in [1.82, 2.24) is 9.99 Å². The van der Waals surface area contributed by atoms with E-state index >= 15 is 0 Å². The molecule has 186 valence electrons. The van der Waals surface area contributed by atoms with Gasteiger partial charge in [-0.25, -0.2) is 0 Å². The number of carbonyl (C=O) groups excluding carboxylic acids is 1. The van der Waals surface area contributed by atoms with E-state index in [4.69, 9.17) is 19.6 Å². The third-order valence-corrected chi connectivity index (χ3v) is 6.51. The van der Waals surface area contributed by atoms with Gasteiger partial charge in [-0.3, -0.25) is 15.2 Å². The first-order chi connectivity index (χ1) is 18.0. The van der Waals surface area contributed by atoms with Gasteiger partial charge >= 0.3 is 0 Å². The van der Waals surface area contributed by atoms with Crippen LogP contribution in [0.25, 0.3) is 6.08 Å². The van der Waals surface area contributed by atoms with Crippen LogP contribution in [0.2, 0.25) is 0 Å². The molecular formula is C27H23N5O4S. The van der Waals surface area contributed by atoms with Crippen molar-refractivity contribution < 1.29 is 19.0 Å². The Hall–Kier alpha value is -4.44. The number of methoxy groups -OCH3 is 1. The molecule has 2 aliphatic rings. The molecule has 1 N–H and O–H groups in total. The molecule has 0 saturated heterocycles. The highest BCUT2D eigenvalue weighted by molar-refractivity contribution is 8.27. The van der Waals surface area contributed by atoms with Crippen LogP contribution < -0.4 is 14.2 Å². The maximum absolute atomic E-state index is 12.8. The Bertz CT molecular complexity index is 1450. The fourth-order valence-corrected chi connectivity index (χ4v) is 4.56. The van der Waals surface area contributed by atoms with Crippen LogP contribution in [0.5, 0.6) is 17.2 Å². The highest BCUT2D eigenvalue weighted by atomic mass is 32.2. The van der Waals surface area contributed by atoms with E-state index in [-0.39, 0.29) is 11.4 Å². The fourth-order valence-electron chi connectivity index (χ4n) is 3.68. The maximum atomic E-state index is 12.8. The number of aliphatic imine (C=N–C) groups is 1. The van der Waals surface area contributed by atoms with Crippen LogP contribution in [-0.4, -0.2) is 52.3 Å². The summed E-state index contributed by atoms with van der Waals surface area (Å²) in [6.07, 6.45) is 4.95. The monoisotopic (exact) mass is 513 g/mol. The lowest BCUT2D eigenvalue weighted by atomic mass is 10.1. The Labute approximate surface area is 218 Å². The smallest absolute Gasteiger partial charge is 0.283 e. The Kier molecular flexibility index (Phi) is 7.00. The van der Waals surface area contributed by atoms with E-state index in [2.05, 4.69) is 15.1 Å². The number of carbonyl (C=O) groups is 1. The van der Waals surface area contributed by atoms with E-state index < -0.39 is 5.91 Å². The largest absolute Gasteiger partial charge is 0.493 e. The van der Waals surface area contributed by atoms with Gasteiger partial charge in [0.15, 0.2) is 17.3 Å². The zero-order valence-electron chi connectivity index (χ0n) is 20.2. The lowest BCUT2D eigenvalue weighted by Crippen LogP contribution is -2.35. The minimum Gasteiger partial charge on any atom is -0.493 e. The molecule has 3 heterocycles. The van der Waals surface area contributed by atoms with Crippen molar-refractivity contribution in [3.05, 3.63) is 89.3 Å². The number of amides is 1. The molecule has 10 heteroatoms. The Morgan fingerprint density at radius 1 is 1.03 bits per heavy atom. The van der Waals surface area contributed by atoms with Crippen molar-refractivity contribution in [1.29, 1.82) is 5.41 Å². The second-order valence-corrected chi connectivity index (χ2v) is 9.00. The van der Waals surface area contributed by atoms with Crippen LogP contribution in [0.15, 0.2) is 82.7 Å². The van der Waals surface area contributed by atoms with Gasteiger partial charge in [0.1, 0.15) is 24.0 Å². The number of hydrogen-bond acceptors (Lipinski definition) is 8. The number of thioether (sulfide) groups is 1. The van der Waals surface area contributed by atoms with E-state index in [9.17, 15) is 4.79 Å². The Morgan fingerprint density at radius 3 is 2.59 bits per heavy atom. The number of nitrogens with zero attached hydrogens (tertiary/aromatic N) is 4. The Morgan fingerprint density at radius 2 is 1.84 bits per heavy atom.